The highest BCUT2D eigenvalue weighted by Gasteiger charge is 2.37. The topological polar surface area (TPSA) is 41.9 Å². The van der Waals surface area contributed by atoms with Gasteiger partial charge in [-0.3, -0.25) is 4.90 Å². The quantitative estimate of drug-likeness (QED) is 0.930. The van der Waals surface area contributed by atoms with E-state index in [9.17, 15) is 5.11 Å². The van der Waals surface area contributed by atoms with Crippen molar-refractivity contribution in [3.05, 3.63) is 23.8 Å². The largest absolute Gasteiger partial charge is 0.494 e. The van der Waals surface area contributed by atoms with Crippen molar-refractivity contribution in [2.24, 2.45) is 0 Å². The highest BCUT2D eigenvalue weighted by molar-refractivity contribution is 5.44. The SMILES string of the molecule is CCOc1ccc2c(c1)C(N1CCCCC1C)C(O)CO2. The second kappa shape index (κ2) is 6.24. The molecule has 0 aliphatic carbocycles. The third-order valence-electron chi connectivity index (χ3n) is 4.60. The van der Waals surface area contributed by atoms with Gasteiger partial charge in [-0.1, -0.05) is 6.42 Å². The van der Waals surface area contributed by atoms with Crippen LogP contribution in [-0.2, 0) is 0 Å². The molecule has 1 fully saturated rings. The van der Waals surface area contributed by atoms with Crippen molar-refractivity contribution < 1.29 is 14.6 Å². The number of aliphatic hydroxyl groups is 1. The Bertz CT molecular complexity index is 491. The van der Waals surface area contributed by atoms with Crippen LogP contribution in [0.2, 0.25) is 0 Å². The van der Waals surface area contributed by atoms with Crippen molar-refractivity contribution in [2.45, 2.75) is 51.3 Å². The number of piperidine rings is 1. The van der Waals surface area contributed by atoms with Crippen LogP contribution in [0.3, 0.4) is 0 Å². The number of likely N-dealkylation sites (tertiary alicyclic amines) is 1. The molecule has 2 aliphatic rings. The van der Waals surface area contributed by atoms with Crippen LogP contribution in [0.5, 0.6) is 11.5 Å². The number of fused-ring (bicyclic) bond motifs is 1. The molecule has 3 unspecified atom stereocenters. The number of hydrogen-bond acceptors (Lipinski definition) is 4. The van der Waals surface area contributed by atoms with E-state index in [-0.39, 0.29) is 6.04 Å². The molecule has 0 bridgehead atoms. The lowest BCUT2D eigenvalue weighted by Gasteiger charge is -2.44. The van der Waals surface area contributed by atoms with Crippen molar-refractivity contribution >= 4 is 0 Å². The predicted octanol–water partition coefficient (Wildman–Crippen LogP) is 2.75. The Kier molecular flexibility index (Phi) is 4.36. The van der Waals surface area contributed by atoms with Crippen LogP contribution >= 0.6 is 0 Å². The third-order valence-corrected chi connectivity index (χ3v) is 4.60. The minimum absolute atomic E-state index is 0.0180. The van der Waals surface area contributed by atoms with Crippen LogP contribution < -0.4 is 9.47 Å². The molecule has 1 N–H and O–H groups in total. The molecule has 1 aromatic carbocycles. The molecule has 4 nitrogen and oxygen atoms in total. The van der Waals surface area contributed by atoms with Crippen LogP contribution in [0.4, 0.5) is 0 Å². The van der Waals surface area contributed by atoms with Crippen molar-refractivity contribution in [3.8, 4) is 11.5 Å². The number of ether oxygens (including phenoxy) is 2. The van der Waals surface area contributed by atoms with Gasteiger partial charge in [-0.25, -0.2) is 0 Å². The van der Waals surface area contributed by atoms with E-state index in [1.807, 2.05) is 25.1 Å². The fourth-order valence-corrected chi connectivity index (χ4v) is 3.55. The normalized spacial score (nSPS) is 29.6. The number of hydrogen-bond donors (Lipinski definition) is 1. The molecule has 3 atom stereocenters. The number of rotatable bonds is 3. The molecule has 2 aliphatic heterocycles. The van der Waals surface area contributed by atoms with Crippen LogP contribution in [0, 0.1) is 0 Å². The first kappa shape index (κ1) is 14.7. The fraction of sp³-hybridized carbons (Fsp3) is 0.647. The summed E-state index contributed by atoms with van der Waals surface area (Å²) in [5, 5.41) is 10.5. The summed E-state index contributed by atoms with van der Waals surface area (Å²) in [5.41, 5.74) is 1.06. The van der Waals surface area contributed by atoms with Gasteiger partial charge in [0.2, 0.25) is 0 Å². The fourth-order valence-electron chi connectivity index (χ4n) is 3.55. The van der Waals surface area contributed by atoms with Gasteiger partial charge in [0.15, 0.2) is 0 Å². The Morgan fingerprint density at radius 1 is 1.38 bits per heavy atom. The average Bonchev–Trinajstić information content (AvgIpc) is 2.49. The van der Waals surface area contributed by atoms with Crippen LogP contribution in [0.15, 0.2) is 18.2 Å². The average molecular weight is 291 g/mol. The zero-order chi connectivity index (χ0) is 14.8. The van der Waals surface area contributed by atoms with Crippen molar-refractivity contribution in [2.75, 3.05) is 19.8 Å². The monoisotopic (exact) mass is 291 g/mol. The Balaban J connectivity index is 1.94. The molecule has 0 spiro atoms. The Labute approximate surface area is 126 Å². The first-order valence-electron chi connectivity index (χ1n) is 8.04. The third kappa shape index (κ3) is 2.87. The van der Waals surface area contributed by atoms with Gasteiger partial charge in [-0.15, -0.1) is 0 Å². The van der Waals surface area contributed by atoms with E-state index < -0.39 is 6.10 Å². The summed E-state index contributed by atoms with van der Waals surface area (Å²) in [6.45, 7) is 6.30. The molecule has 0 saturated carbocycles. The molecule has 4 heteroatoms. The van der Waals surface area contributed by atoms with Crippen LogP contribution in [0.25, 0.3) is 0 Å². The predicted molar refractivity (Wildman–Crippen MR) is 81.9 cm³/mol. The molecule has 0 amide bonds. The van der Waals surface area contributed by atoms with Gasteiger partial charge in [0, 0.05) is 11.6 Å². The summed E-state index contributed by atoms with van der Waals surface area (Å²) in [6, 6.07) is 6.46. The lowest BCUT2D eigenvalue weighted by Crippen LogP contribution is -2.48. The number of aliphatic hydroxyl groups excluding tert-OH is 1. The van der Waals surface area contributed by atoms with Gasteiger partial charge in [-0.05, 0) is 51.4 Å². The number of benzene rings is 1. The van der Waals surface area contributed by atoms with Crippen molar-refractivity contribution in [1.82, 2.24) is 4.90 Å². The van der Waals surface area contributed by atoms with Crippen molar-refractivity contribution in [3.63, 3.8) is 0 Å². The summed E-state index contributed by atoms with van der Waals surface area (Å²) in [7, 11) is 0. The van der Waals surface area contributed by atoms with E-state index in [1.165, 1.54) is 19.3 Å². The Hall–Kier alpha value is -1.26. The summed E-state index contributed by atoms with van der Waals surface area (Å²) in [5.74, 6) is 1.73. The first-order valence-corrected chi connectivity index (χ1v) is 8.04. The van der Waals surface area contributed by atoms with Gasteiger partial charge in [0.25, 0.3) is 0 Å². The molecule has 0 radical (unpaired) electrons. The Morgan fingerprint density at radius 3 is 3.00 bits per heavy atom. The lowest BCUT2D eigenvalue weighted by molar-refractivity contribution is -0.0248. The zero-order valence-corrected chi connectivity index (χ0v) is 12.9. The molecular weight excluding hydrogens is 266 g/mol. The summed E-state index contributed by atoms with van der Waals surface area (Å²) < 4.78 is 11.3. The van der Waals surface area contributed by atoms with E-state index >= 15 is 0 Å². The number of nitrogens with zero attached hydrogens (tertiary/aromatic N) is 1. The van der Waals surface area contributed by atoms with E-state index in [2.05, 4.69) is 11.8 Å². The maximum atomic E-state index is 10.5. The minimum Gasteiger partial charge on any atom is -0.494 e. The maximum Gasteiger partial charge on any atom is 0.124 e. The van der Waals surface area contributed by atoms with Gasteiger partial charge in [0.05, 0.1) is 12.6 Å². The summed E-state index contributed by atoms with van der Waals surface area (Å²) >= 11 is 0. The second-order valence-electron chi connectivity index (χ2n) is 6.04. The summed E-state index contributed by atoms with van der Waals surface area (Å²) in [6.07, 6.45) is 3.21. The van der Waals surface area contributed by atoms with Gasteiger partial charge < -0.3 is 14.6 Å². The van der Waals surface area contributed by atoms with Gasteiger partial charge in [-0.2, -0.15) is 0 Å². The first-order chi connectivity index (χ1) is 10.2. The molecule has 1 aromatic rings. The molecule has 3 rings (SSSR count). The zero-order valence-electron chi connectivity index (χ0n) is 12.9. The molecule has 1 saturated heterocycles. The van der Waals surface area contributed by atoms with Crippen LogP contribution in [-0.4, -0.2) is 41.9 Å². The molecule has 116 valence electrons. The maximum absolute atomic E-state index is 10.5. The van der Waals surface area contributed by atoms with E-state index in [1.54, 1.807) is 0 Å². The van der Waals surface area contributed by atoms with E-state index in [0.717, 1.165) is 23.6 Å². The van der Waals surface area contributed by atoms with Crippen molar-refractivity contribution in [1.29, 1.82) is 0 Å². The Morgan fingerprint density at radius 2 is 2.24 bits per heavy atom. The van der Waals surface area contributed by atoms with E-state index in [4.69, 9.17) is 9.47 Å². The smallest absolute Gasteiger partial charge is 0.124 e. The molecular formula is C17H25NO3. The second-order valence-corrected chi connectivity index (χ2v) is 6.04. The van der Waals surface area contributed by atoms with Gasteiger partial charge in [0.1, 0.15) is 24.2 Å². The minimum atomic E-state index is -0.477. The highest BCUT2D eigenvalue weighted by Crippen LogP contribution is 2.40. The van der Waals surface area contributed by atoms with Crippen LogP contribution in [0.1, 0.15) is 44.7 Å². The van der Waals surface area contributed by atoms with E-state index in [0.29, 0.717) is 19.3 Å². The molecule has 2 heterocycles. The highest BCUT2D eigenvalue weighted by atomic mass is 16.5. The standard InChI is InChI=1S/C17H25NO3/c1-3-20-13-7-8-16-14(10-13)17(15(19)11-21-16)18-9-5-4-6-12(18)2/h7-8,10,12,15,17,19H,3-6,9,11H2,1-2H3. The molecule has 0 aromatic heterocycles. The van der Waals surface area contributed by atoms with Gasteiger partial charge >= 0.3 is 0 Å². The summed E-state index contributed by atoms with van der Waals surface area (Å²) in [4.78, 5) is 2.44. The molecule has 21 heavy (non-hydrogen) atoms. The lowest BCUT2D eigenvalue weighted by atomic mass is 9.92.